The molecular weight excluding hydrogens is 575 g/mol. The van der Waals surface area contributed by atoms with Gasteiger partial charge in [0.15, 0.2) is 0 Å². The minimum Gasteiger partial charge on any atom is -0.439 e. The fraction of sp³-hybridized carbons (Fsp3) is 0. The first-order valence-corrected chi connectivity index (χ1v) is 17.1. The topological polar surface area (TPSA) is 82.9 Å². The average molecular weight is 601 g/mol. The van der Waals surface area contributed by atoms with Gasteiger partial charge in [-0.05, 0) is 60.7 Å². The summed E-state index contributed by atoms with van der Waals surface area (Å²) in [5.41, 5.74) is 0. The summed E-state index contributed by atoms with van der Waals surface area (Å²) in [5.74, 6) is 2.81. The van der Waals surface area contributed by atoms with Gasteiger partial charge in [0.05, 0.1) is 0 Å². The van der Waals surface area contributed by atoms with Crippen molar-refractivity contribution in [3.05, 3.63) is 152 Å². The minimum absolute atomic E-state index is 0.540. The molecular formula is C30H26N3O5P3. The average Bonchev–Trinajstić information content (AvgIpc) is 2.99. The van der Waals surface area contributed by atoms with E-state index in [1.807, 2.05) is 152 Å². The maximum atomic E-state index is 6.60. The molecule has 1 unspecified atom stereocenters. The Morgan fingerprint density at radius 3 is 1.17 bits per heavy atom. The largest absolute Gasteiger partial charge is 0.457 e. The lowest BCUT2D eigenvalue weighted by Gasteiger charge is -2.34. The first-order valence-electron chi connectivity index (χ1n) is 12.7. The van der Waals surface area contributed by atoms with Crippen molar-refractivity contribution in [2.75, 3.05) is 0 Å². The molecule has 0 fully saturated rings. The lowest BCUT2D eigenvalue weighted by Crippen LogP contribution is -2.20. The quantitative estimate of drug-likeness (QED) is 0.160. The van der Waals surface area contributed by atoms with E-state index in [0.717, 1.165) is 0 Å². The van der Waals surface area contributed by atoms with Gasteiger partial charge in [0, 0.05) is 0 Å². The predicted molar refractivity (Wildman–Crippen MR) is 164 cm³/mol. The molecule has 1 aliphatic heterocycles. The van der Waals surface area contributed by atoms with Crippen molar-refractivity contribution in [1.29, 1.82) is 0 Å². The predicted octanol–water partition coefficient (Wildman–Crippen LogP) is 10.1. The Hall–Kier alpha value is -4.05. The fourth-order valence-electron chi connectivity index (χ4n) is 3.71. The summed E-state index contributed by atoms with van der Waals surface area (Å²) in [6.07, 6.45) is 0. The molecule has 0 amide bonds. The second-order valence-electron chi connectivity index (χ2n) is 8.58. The van der Waals surface area contributed by atoms with E-state index >= 15 is 0 Å². The molecule has 206 valence electrons. The molecule has 1 N–H and O–H groups in total. The van der Waals surface area contributed by atoms with Crippen LogP contribution >= 0.6 is 23.8 Å². The van der Waals surface area contributed by atoms with Gasteiger partial charge in [0.1, 0.15) is 28.7 Å². The third-order valence-corrected chi connectivity index (χ3v) is 12.7. The van der Waals surface area contributed by atoms with Crippen molar-refractivity contribution < 1.29 is 22.6 Å². The van der Waals surface area contributed by atoms with Crippen LogP contribution in [-0.4, -0.2) is 0 Å². The van der Waals surface area contributed by atoms with Crippen LogP contribution in [0.25, 0.3) is 0 Å². The van der Waals surface area contributed by atoms with Crippen LogP contribution in [0.1, 0.15) is 0 Å². The molecule has 8 nitrogen and oxygen atoms in total. The van der Waals surface area contributed by atoms with Gasteiger partial charge >= 0.3 is 23.8 Å². The van der Waals surface area contributed by atoms with E-state index in [4.69, 9.17) is 31.6 Å². The monoisotopic (exact) mass is 601 g/mol. The third-order valence-electron chi connectivity index (χ3n) is 5.45. The van der Waals surface area contributed by atoms with Crippen LogP contribution < -0.4 is 27.5 Å². The van der Waals surface area contributed by atoms with Gasteiger partial charge in [0.25, 0.3) is 0 Å². The SMILES string of the molecule is c1ccc(OP2N=P(Oc3ccccc3)(Oc3ccccc3)N=P(Oc3ccccc3)(Oc3ccccc3)N2)cc1. The zero-order valence-corrected chi connectivity index (χ0v) is 24.4. The molecule has 0 aliphatic carbocycles. The molecule has 0 radical (unpaired) electrons. The lowest BCUT2D eigenvalue weighted by atomic mass is 10.3. The molecule has 0 saturated carbocycles. The zero-order chi connectivity index (χ0) is 27.8. The first-order chi connectivity index (χ1) is 20.2. The van der Waals surface area contributed by atoms with Gasteiger partial charge in [-0.3, -0.25) is 0 Å². The van der Waals surface area contributed by atoms with Gasteiger partial charge < -0.3 is 22.6 Å². The van der Waals surface area contributed by atoms with Crippen LogP contribution in [-0.2, 0) is 0 Å². The molecule has 0 aromatic heterocycles. The fourth-order valence-corrected chi connectivity index (χ4v) is 11.6. The zero-order valence-electron chi connectivity index (χ0n) is 21.7. The summed E-state index contributed by atoms with van der Waals surface area (Å²) in [6.45, 7) is 0. The summed E-state index contributed by atoms with van der Waals surface area (Å²) in [7, 11) is -8.80. The van der Waals surface area contributed by atoms with Gasteiger partial charge in [-0.2, -0.15) is 0 Å². The normalized spacial score (nSPS) is 16.7. The molecule has 0 spiro atoms. The van der Waals surface area contributed by atoms with Crippen LogP contribution in [0, 0.1) is 0 Å². The van der Waals surface area contributed by atoms with Crippen LogP contribution in [0.2, 0.25) is 0 Å². The van der Waals surface area contributed by atoms with E-state index in [0.29, 0.717) is 28.7 Å². The molecule has 1 heterocycles. The van der Waals surface area contributed by atoms with E-state index in [-0.39, 0.29) is 0 Å². The number of hydrogen-bond acceptors (Lipinski definition) is 8. The van der Waals surface area contributed by atoms with E-state index in [2.05, 4.69) is 4.86 Å². The van der Waals surface area contributed by atoms with Crippen molar-refractivity contribution in [3.63, 3.8) is 0 Å². The Bertz CT molecular complexity index is 1570. The molecule has 0 bridgehead atoms. The maximum absolute atomic E-state index is 6.60. The summed E-state index contributed by atoms with van der Waals surface area (Å²) >= 11 is 0. The van der Waals surface area contributed by atoms with E-state index < -0.39 is 23.8 Å². The number of rotatable bonds is 10. The minimum atomic E-state index is -3.53. The van der Waals surface area contributed by atoms with Crippen molar-refractivity contribution in [3.8, 4) is 28.7 Å². The Morgan fingerprint density at radius 2 is 0.780 bits per heavy atom. The van der Waals surface area contributed by atoms with Gasteiger partial charge in [-0.15, -0.1) is 13.9 Å². The highest BCUT2D eigenvalue weighted by Crippen LogP contribution is 2.72. The molecule has 5 aromatic rings. The summed E-state index contributed by atoms with van der Waals surface area (Å²) in [4.78, 5) is 3.38. The van der Waals surface area contributed by atoms with Gasteiger partial charge in [-0.1, -0.05) is 91.0 Å². The van der Waals surface area contributed by atoms with E-state index in [1.54, 1.807) is 0 Å². The highest BCUT2D eigenvalue weighted by atomic mass is 31.3. The van der Waals surface area contributed by atoms with Crippen LogP contribution in [0.5, 0.6) is 28.7 Å². The van der Waals surface area contributed by atoms with E-state index in [1.165, 1.54) is 0 Å². The summed E-state index contributed by atoms with van der Waals surface area (Å²) in [6, 6.07) is 46.8. The molecule has 11 heteroatoms. The maximum Gasteiger partial charge on any atom is 0.457 e. The highest BCUT2D eigenvalue weighted by molar-refractivity contribution is 7.79. The number of nitrogens with one attached hydrogen (secondary N) is 1. The van der Waals surface area contributed by atoms with Crippen LogP contribution in [0.3, 0.4) is 0 Å². The lowest BCUT2D eigenvalue weighted by molar-refractivity contribution is 0.452. The molecule has 0 saturated heterocycles. The molecule has 1 aliphatic rings. The Balaban J connectivity index is 1.54. The Kier molecular flexibility index (Phi) is 8.36. The Morgan fingerprint density at radius 1 is 0.439 bits per heavy atom. The second kappa shape index (κ2) is 12.6. The second-order valence-corrected chi connectivity index (χ2v) is 14.3. The van der Waals surface area contributed by atoms with Gasteiger partial charge in [0.2, 0.25) is 0 Å². The Labute approximate surface area is 240 Å². The smallest absolute Gasteiger partial charge is 0.439 e. The molecule has 6 rings (SSSR count). The van der Waals surface area contributed by atoms with Crippen molar-refractivity contribution in [2.45, 2.75) is 0 Å². The van der Waals surface area contributed by atoms with Crippen molar-refractivity contribution >= 4 is 23.8 Å². The van der Waals surface area contributed by atoms with Crippen LogP contribution in [0.15, 0.2) is 161 Å². The summed E-state index contributed by atoms with van der Waals surface area (Å²) < 4.78 is 42.8. The van der Waals surface area contributed by atoms with E-state index in [9.17, 15) is 0 Å². The van der Waals surface area contributed by atoms with Crippen LogP contribution in [0.4, 0.5) is 0 Å². The first kappa shape index (κ1) is 27.1. The number of nitrogens with zero attached hydrogens (tertiary/aromatic N) is 2. The molecule has 41 heavy (non-hydrogen) atoms. The standard InChI is InChI=1S/C30H26N3O5P3/c1-6-16-26(17-7-1)34-39-31-40(35-27-18-8-2-9-19-27,36-28-20-10-3-11-21-28)33-41(32-39,37-29-22-12-4-13-23-29)38-30-24-14-5-15-25-30/h1-25,31H. The number of benzene rings is 5. The number of para-hydroxylation sites is 5. The molecule has 1 atom stereocenters. The van der Waals surface area contributed by atoms with Crippen molar-refractivity contribution in [2.24, 2.45) is 9.03 Å². The number of hydrogen-bond donors (Lipinski definition) is 1. The van der Waals surface area contributed by atoms with Crippen molar-refractivity contribution in [1.82, 2.24) is 4.86 Å². The highest BCUT2D eigenvalue weighted by Gasteiger charge is 2.45. The third kappa shape index (κ3) is 7.18. The summed E-state index contributed by atoms with van der Waals surface area (Å²) in [5, 5.41) is 0. The van der Waals surface area contributed by atoms with Gasteiger partial charge in [-0.25, -0.2) is 0 Å². The molecule has 5 aromatic carbocycles.